The molecule has 5 aromatic rings. The van der Waals surface area contributed by atoms with E-state index in [9.17, 15) is 0 Å². The van der Waals surface area contributed by atoms with E-state index in [4.69, 9.17) is 10.2 Å². The molecule has 0 saturated heterocycles. The Balaban J connectivity index is 1.65. The van der Waals surface area contributed by atoms with Crippen LogP contribution in [0.5, 0.6) is 0 Å². The monoisotopic (exact) mass is 416 g/mol. The number of fused-ring (bicyclic) bond motifs is 1. The quantitative estimate of drug-likeness (QED) is 0.411. The predicted octanol–water partition coefficient (Wildman–Crippen LogP) is 5.47. The van der Waals surface area contributed by atoms with Gasteiger partial charge in [-0.15, -0.1) is 0 Å². The summed E-state index contributed by atoms with van der Waals surface area (Å²) in [6, 6.07) is 26.8. The average Bonchev–Trinajstić information content (AvgIpc) is 3.15. The maximum Gasteiger partial charge on any atom is 0.227 e. The lowest BCUT2D eigenvalue weighted by Gasteiger charge is -2.12. The van der Waals surface area contributed by atoms with Crippen LogP contribution in [0.4, 0.5) is 11.6 Å². The summed E-state index contributed by atoms with van der Waals surface area (Å²) in [5, 5.41) is 12.3. The first-order chi connectivity index (χ1) is 15.7. The number of nitrogens with one attached hydrogen (secondary N) is 1. The van der Waals surface area contributed by atoms with Gasteiger partial charge in [0.25, 0.3) is 0 Å². The molecule has 0 unspecified atom stereocenters. The van der Waals surface area contributed by atoms with Crippen LogP contribution in [0.25, 0.3) is 22.2 Å². The van der Waals surface area contributed by atoms with Crippen LogP contribution in [0.3, 0.4) is 0 Å². The van der Waals surface area contributed by atoms with Crippen LogP contribution in [0.1, 0.15) is 17.0 Å². The van der Waals surface area contributed by atoms with Gasteiger partial charge in [-0.05, 0) is 30.2 Å². The van der Waals surface area contributed by atoms with Gasteiger partial charge in [0.1, 0.15) is 11.9 Å². The number of rotatable bonds is 5. The Labute approximate surface area is 185 Å². The van der Waals surface area contributed by atoms with Gasteiger partial charge in [0.15, 0.2) is 0 Å². The Bertz CT molecular complexity index is 1420. The molecular formula is C26H20N6. The molecule has 32 heavy (non-hydrogen) atoms. The molecule has 1 N–H and O–H groups in total. The first kappa shape index (κ1) is 19.5. The molecule has 2 aromatic heterocycles. The standard InChI is InChI=1S/C26H20N6/c1-18-30-25-23(21-10-6-3-7-11-21)12-22(31-26-28-15-20(14-27)16-29-26)13-24(25)32(18)17-19-8-4-2-5-9-19/h2-13,15-16H,17H2,1H3,(H,28,29,31). The fraction of sp³-hybridized carbons (Fsp3) is 0.0769. The second kappa shape index (κ2) is 8.32. The van der Waals surface area contributed by atoms with Gasteiger partial charge in [0.05, 0.1) is 29.0 Å². The summed E-state index contributed by atoms with van der Waals surface area (Å²) in [6.45, 7) is 2.77. The molecule has 0 spiro atoms. The van der Waals surface area contributed by atoms with Gasteiger partial charge in [0, 0.05) is 17.8 Å². The smallest absolute Gasteiger partial charge is 0.227 e. The van der Waals surface area contributed by atoms with Gasteiger partial charge in [-0.3, -0.25) is 0 Å². The van der Waals surface area contributed by atoms with Crippen molar-refractivity contribution in [2.45, 2.75) is 13.5 Å². The Morgan fingerprint density at radius 2 is 1.62 bits per heavy atom. The van der Waals surface area contributed by atoms with E-state index in [0.29, 0.717) is 11.5 Å². The molecule has 2 heterocycles. The number of aryl methyl sites for hydroxylation is 1. The molecule has 3 aromatic carbocycles. The van der Waals surface area contributed by atoms with Crippen LogP contribution in [-0.2, 0) is 6.54 Å². The van der Waals surface area contributed by atoms with Crippen molar-refractivity contribution in [1.29, 1.82) is 5.26 Å². The highest BCUT2D eigenvalue weighted by Gasteiger charge is 2.15. The highest BCUT2D eigenvalue weighted by molar-refractivity contribution is 5.96. The van der Waals surface area contributed by atoms with Gasteiger partial charge < -0.3 is 9.88 Å². The molecular weight excluding hydrogens is 396 g/mol. The van der Waals surface area contributed by atoms with Crippen LogP contribution in [0.2, 0.25) is 0 Å². The van der Waals surface area contributed by atoms with E-state index in [1.165, 1.54) is 18.0 Å². The molecule has 5 rings (SSSR count). The number of hydrogen-bond acceptors (Lipinski definition) is 5. The number of nitrogens with zero attached hydrogens (tertiary/aromatic N) is 5. The van der Waals surface area contributed by atoms with Crippen molar-refractivity contribution >= 4 is 22.7 Å². The number of nitriles is 1. The third-order valence-corrected chi connectivity index (χ3v) is 5.35. The molecule has 0 atom stereocenters. The van der Waals surface area contributed by atoms with Gasteiger partial charge in [0.2, 0.25) is 5.95 Å². The largest absolute Gasteiger partial charge is 0.324 e. The Kier molecular flexibility index (Phi) is 5.06. The summed E-state index contributed by atoms with van der Waals surface area (Å²) in [6.07, 6.45) is 3.02. The fourth-order valence-electron chi connectivity index (χ4n) is 3.79. The van der Waals surface area contributed by atoms with Crippen LogP contribution in [0.15, 0.2) is 85.2 Å². The van der Waals surface area contributed by atoms with E-state index < -0.39 is 0 Å². The van der Waals surface area contributed by atoms with Crippen LogP contribution >= 0.6 is 0 Å². The van der Waals surface area contributed by atoms with Crippen molar-refractivity contribution in [2.24, 2.45) is 0 Å². The molecule has 0 aliphatic heterocycles. The van der Waals surface area contributed by atoms with Crippen molar-refractivity contribution in [3.8, 4) is 17.2 Å². The summed E-state index contributed by atoms with van der Waals surface area (Å²) in [7, 11) is 0. The first-order valence-corrected chi connectivity index (χ1v) is 10.3. The summed E-state index contributed by atoms with van der Waals surface area (Å²) in [4.78, 5) is 13.4. The molecule has 0 amide bonds. The van der Waals surface area contributed by atoms with E-state index in [1.54, 1.807) is 0 Å². The molecule has 6 heteroatoms. The van der Waals surface area contributed by atoms with Gasteiger partial charge >= 0.3 is 0 Å². The third kappa shape index (κ3) is 3.80. The van der Waals surface area contributed by atoms with Crippen LogP contribution in [0, 0.1) is 18.3 Å². The minimum Gasteiger partial charge on any atom is -0.324 e. The number of imidazole rings is 1. The second-order valence-corrected chi connectivity index (χ2v) is 7.52. The highest BCUT2D eigenvalue weighted by atomic mass is 15.1. The SMILES string of the molecule is Cc1nc2c(-c3ccccc3)cc(Nc3ncc(C#N)cn3)cc2n1Cc1ccccc1. The van der Waals surface area contributed by atoms with Gasteiger partial charge in [-0.25, -0.2) is 15.0 Å². The molecule has 0 radical (unpaired) electrons. The lowest BCUT2D eigenvalue weighted by Crippen LogP contribution is -2.02. The maximum absolute atomic E-state index is 8.99. The minimum absolute atomic E-state index is 0.424. The number of hydrogen-bond donors (Lipinski definition) is 1. The molecule has 0 aliphatic rings. The topological polar surface area (TPSA) is 79.4 Å². The van der Waals surface area contributed by atoms with E-state index >= 15 is 0 Å². The molecule has 6 nitrogen and oxygen atoms in total. The molecule has 0 aliphatic carbocycles. The summed E-state index contributed by atoms with van der Waals surface area (Å²) < 4.78 is 2.22. The van der Waals surface area contributed by atoms with E-state index in [-0.39, 0.29) is 0 Å². The normalized spacial score (nSPS) is 10.8. The third-order valence-electron chi connectivity index (χ3n) is 5.35. The summed E-state index contributed by atoms with van der Waals surface area (Å²) >= 11 is 0. The van der Waals surface area contributed by atoms with Crippen molar-refractivity contribution in [3.05, 3.63) is 102 Å². The highest BCUT2D eigenvalue weighted by Crippen LogP contribution is 2.33. The van der Waals surface area contributed by atoms with E-state index in [2.05, 4.69) is 68.4 Å². The minimum atomic E-state index is 0.424. The summed E-state index contributed by atoms with van der Waals surface area (Å²) in [5.41, 5.74) is 6.60. The lowest BCUT2D eigenvalue weighted by atomic mass is 10.0. The second-order valence-electron chi connectivity index (χ2n) is 7.52. The van der Waals surface area contributed by atoms with Crippen LogP contribution < -0.4 is 5.32 Å². The molecule has 0 bridgehead atoms. The number of benzene rings is 3. The van der Waals surface area contributed by atoms with Gasteiger partial charge in [-0.2, -0.15) is 5.26 Å². The predicted molar refractivity (Wildman–Crippen MR) is 125 cm³/mol. The molecule has 0 saturated carbocycles. The lowest BCUT2D eigenvalue weighted by molar-refractivity contribution is 0.786. The Morgan fingerprint density at radius 3 is 2.31 bits per heavy atom. The number of anilines is 2. The van der Waals surface area contributed by atoms with E-state index in [1.807, 2.05) is 37.3 Å². The maximum atomic E-state index is 8.99. The first-order valence-electron chi connectivity index (χ1n) is 10.3. The van der Waals surface area contributed by atoms with E-state index in [0.717, 1.165) is 40.2 Å². The Hall–Kier alpha value is -4.50. The zero-order chi connectivity index (χ0) is 21.9. The molecule has 0 fully saturated rings. The molecule has 154 valence electrons. The fourth-order valence-corrected chi connectivity index (χ4v) is 3.79. The average molecular weight is 416 g/mol. The van der Waals surface area contributed by atoms with Crippen molar-refractivity contribution in [1.82, 2.24) is 19.5 Å². The summed E-state index contributed by atoms with van der Waals surface area (Å²) in [5.74, 6) is 1.39. The zero-order valence-electron chi connectivity index (χ0n) is 17.5. The van der Waals surface area contributed by atoms with Crippen molar-refractivity contribution in [2.75, 3.05) is 5.32 Å². The van der Waals surface area contributed by atoms with Gasteiger partial charge in [-0.1, -0.05) is 60.7 Å². The zero-order valence-corrected chi connectivity index (χ0v) is 17.5. The van der Waals surface area contributed by atoms with Crippen molar-refractivity contribution < 1.29 is 0 Å². The number of aromatic nitrogens is 4. The van der Waals surface area contributed by atoms with Crippen LogP contribution in [-0.4, -0.2) is 19.5 Å². The van der Waals surface area contributed by atoms with Crippen molar-refractivity contribution in [3.63, 3.8) is 0 Å². The Morgan fingerprint density at radius 1 is 0.938 bits per heavy atom.